The van der Waals surface area contributed by atoms with Crippen molar-refractivity contribution in [2.75, 3.05) is 0 Å². The summed E-state index contributed by atoms with van der Waals surface area (Å²) < 4.78 is 5.58. The molecule has 1 heterocycles. The summed E-state index contributed by atoms with van der Waals surface area (Å²) in [6, 6.07) is 15.0. The molecule has 4 heteroatoms. The number of rotatable bonds is 3. The fourth-order valence-corrected chi connectivity index (χ4v) is 2.36. The lowest BCUT2D eigenvalue weighted by atomic mass is 10.2. The number of aryl methyl sites for hydroxylation is 1. The number of halogens is 1. The van der Waals surface area contributed by atoms with E-state index in [2.05, 4.69) is 5.32 Å². The molecule has 0 atom stereocenters. The Kier molecular flexibility index (Phi) is 3.67. The van der Waals surface area contributed by atoms with E-state index in [1.807, 2.05) is 43.3 Å². The summed E-state index contributed by atoms with van der Waals surface area (Å²) in [4.78, 5) is 12.1. The predicted molar refractivity (Wildman–Crippen MR) is 83.6 cm³/mol. The Balaban J connectivity index is 1.76. The van der Waals surface area contributed by atoms with Gasteiger partial charge >= 0.3 is 0 Å². The number of amides is 1. The van der Waals surface area contributed by atoms with E-state index >= 15 is 0 Å². The topological polar surface area (TPSA) is 42.2 Å². The van der Waals surface area contributed by atoms with E-state index in [1.54, 1.807) is 12.1 Å². The predicted octanol–water partition coefficient (Wildman–Crippen LogP) is 4.32. The van der Waals surface area contributed by atoms with Crippen molar-refractivity contribution in [1.82, 2.24) is 5.32 Å². The molecular formula is C17H14ClNO2. The average Bonchev–Trinajstić information content (AvgIpc) is 2.89. The van der Waals surface area contributed by atoms with Gasteiger partial charge in [-0.25, -0.2) is 0 Å². The maximum atomic E-state index is 12.1. The van der Waals surface area contributed by atoms with Crippen LogP contribution >= 0.6 is 11.6 Å². The van der Waals surface area contributed by atoms with Gasteiger partial charge in [-0.1, -0.05) is 41.9 Å². The lowest BCUT2D eigenvalue weighted by molar-refractivity contribution is 0.0925. The van der Waals surface area contributed by atoms with E-state index < -0.39 is 0 Å². The van der Waals surface area contributed by atoms with Crippen LogP contribution in [0.15, 0.2) is 52.9 Å². The molecule has 0 bridgehead atoms. The second kappa shape index (κ2) is 5.62. The Bertz CT molecular complexity index is 807. The van der Waals surface area contributed by atoms with E-state index in [0.29, 0.717) is 17.3 Å². The summed E-state index contributed by atoms with van der Waals surface area (Å²) in [5, 5.41) is 4.37. The van der Waals surface area contributed by atoms with Gasteiger partial charge in [-0.05, 0) is 36.2 Å². The molecular weight excluding hydrogens is 286 g/mol. The summed E-state index contributed by atoms with van der Waals surface area (Å²) in [6.45, 7) is 2.35. The normalized spacial score (nSPS) is 10.8. The Labute approximate surface area is 127 Å². The number of nitrogens with one attached hydrogen (secondary N) is 1. The van der Waals surface area contributed by atoms with Gasteiger partial charge in [0.2, 0.25) is 0 Å². The van der Waals surface area contributed by atoms with E-state index in [1.165, 1.54) is 0 Å². The summed E-state index contributed by atoms with van der Waals surface area (Å²) >= 11 is 6.06. The average molecular weight is 300 g/mol. The highest BCUT2D eigenvalue weighted by Gasteiger charge is 2.12. The number of benzene rings is 2. The van der Waals surface area contributed by atoms with Crippen molar-refractivity contribution in [2.45, 2.75) is 13.5 Å². The fraction of sp³-hybridized carbons (Fsp3) is 0.118. The van der Waals surface area contributed by atoms with Crippen molar-refractivity contribution in [1.29, 1.82) is 0 Å². The maximum absolute atomic E-state index is 12.1. The van der Waals surface area contributed by atoms with Gasteiger partial charge in [0.05, 0.1) is 0 Å². The van der Waals surface area contributed by atoms with Gasteiger partial charge in [-0.2, -0.15) is 0 Å². The van der Waals surface area contributed by atoms with Crippen LogP contribution in [0, 0.1) is 6.92 Å². The maximum Gasteiger partial charge on any atom is 0.287 e. The Morgan fingerprint density at radius 3 is 2.81 bits per heavy atom. The first-order valence-electron chi connectivity index (χ1n) is 6.65. The molecule has 2 aromatic carbocycles. The molecule has 1 aromatic heterocycles. The van der Waals surface area contributed by atoms with E-state index in [-0.39, 0.29) is 5.91 Å². The smallest absolute Gasteiger partial charge is 0.287 e. The Morgan fingerprint density at radius 2 is 2.00 bits per heavy atom. The Morgan fingerprint density at radius 1 is 1.19 bits per heavy atom. The quantitative estimate of drug-likeness (QED) is 0.782. The Hall–Kier alpha value is -2.26. The molecule has 1 amide bonds. The van der Waals surface area contributed by atoms with Crippen molar-refractivity contribution in [3.63, 3.8) is 0 Å². The second-order valence-electron chi connectivity index (χ2n) is 4.93. The van der Waals surface area contributed by atoms with Crippen LogP contribution in [0.3, 0.4) is 0 Å². The molecule has 0 radical (unpaired) electrons. The standard InChI is InChI=1S/C17H14ClNO2/c1-11-6-7-12-9-16(21-15(12)8-11)17(20)19-10-13-4-2-3-5-14(13)18/h2-9H,10H2,1H3,(H,19,20). The molecule has 21 heavy (non-hydrogen) atoms. The number of carbonyl (C=O) groups excluding carboxylic acids is 1. The van der Waals surface area contributed by atoms with Crippen LogP contribution in [-0.2, 0) is 6.54 Å². The molecule has 0 aliphatic rings. The van der Waals surface area contributed by atoms with Crippen LogP contribution in [0.5, 0.6) is 0 Å². The SMILES string of the molecule is Cc1ccc2cc(C(=O)NCc3ccccc3Cl)oc2c1. The van der Waals surface area contributed by atoms with Gasteiger partial charge in [-0.3, -0.25) is 4.79 Å². The van der Waals surface area contributed by atoms with Gasteiger partial charge in [0.15, 0.2) is 5.76 Å². The van der Waals surface area contributed by atoms with E-state index in [0.717, 1.165) is 22.1 Å². The van der Waals surface area contributed by atoms with Crippen molar-refractivity contribution >= 4 is 28.5 Å². The van der Waals surface area contributed by atoms with Crippen molar-refractivity contribution < 1.29 is 9.21 Å². The molecule has 3 rings (SSSR count). The van der Waals surface area contributed by atoms with Crippen molar-refractivity contribution in [3.8, 4) is 0 Å². The highest BCUT2D eigenvalue weighted by molar-refractivity contribution is 6.31. The molecule has 106 valence electrons. The zero-order chi connectivity index (χ0) is 14.8. The van der Waals surface area contributed by atoms with E-state index in [4.69, 9.17) is 16.0 Å². The minimum atomic E-state index is -0.247. The largest absolute Gasteiger partial charge is 0.451 e. The third-order valence-electron chi connectivity index (χ3n) is 3.30. The van der Waals surface area contributed by atoms with Gasteiger partial charge in [-0.15, -0.1) is 0 Å². The molecule has 0 fully saturated rings. The van der Waals surface area contributed by atoms with Crippen LogP contribution in [0.25, 0.3) is 11.0 Å². The summed E-state index contributed by atoms with van der Waals surface area (Å²) in [6.07, 6.45) is 0. The van der Waals surface area contributed by atoms with Gasteiger partial charge in [0.25, 0.3) is 5.91 Å². The zero-order valence-corrected chi connectivity index (χ0v) is 12.3. The summed E-state index contributed by atoms with van der Waals surface area (Å²) in [7, 11) is 0. The van der Waals surface area contributed by atoms with Crippen molar-refractivity contribution in [3.05, 3.63) is 70.4 Å². The fourth-order valence-electron chi connectivity index (χ4n) is 2.15. The minimum absolute atomic E-state index is 0.247. The highest BCUT2D eigenvalue weighted by atomic mass is 35.5. The lowest BCUT2D eigenvalue weighted by Crippen LogP contribution is -2.22. The lowest BCUT2D eigenvalue weighted by Gasteiger charge is -2.05. The van der Waals surface area contributed by atoms with Crippen LogP contribution in [0.2, 0.25) is 5.02 Å². The molecule has 0 saturated carbocycles. The molecule has 0 spiro atoms. The number of hydrogen-bond donors (Lipinski definition) is 1. The van der Waals surface area contributed by atoms with E-state index in [9.17, 15) is 4.79 Å². The molecule has 0 aliphatic heterocycles. The molecule has 0 saturated heterocycles. The van der Waals surface area contributed by atoms with Crippen LogP contribution < -0.4 is 5.32 Å². The van der Waals surface area contributed by atoms with Crippen LogP contribution in [0.4, 0.5) is 0 Å². The second-order valence-corrected chi connectivity index (χ2v) is 5.33. The number of carbonyl (C=O) groups is 1. The first-order valence-corrected chi connectivity index (χ1v) is 7.03. The molecule has 1 N–H and O–H groups in total. The molecule has 3 nitrogen and oxygen atoms in total. The number of fused-ring (bicyclic) bond motifs is 1. The number of hydrogen-bond acceptors (Lipinski definition) is 2. The zero-order valence-electron chi connectivity index (χ0n) is 11.5. The highest BCUT2D eigenvalue weighted by Crippen LogP contribution is 2.21. The minimum Gasteiger partial charge on any atom is -0.451 e. The first-order chi connectivity index (χ1) is 10.1. The monoisotopic (exact) mass is 299 g/mol. The van der Waals surface area contributed by atoms with Crippen LogP contribution in [-0.4, -0.2) is 5.91 Å². The first kappa shape index (κ1) is 13.7. The van der Waals surface area contributed by atoms with Crippen molar-refractivity contribution in [2.24, 2.45) is 0 Å². The third kappa shape index (κ3) is 2.93. The van der Waals surface area contributed by atoms with Gasteiger partial charge in [0.1, 0.15) is 5.58 Å². The molecule has 0 aliphatic carbocycles. The number of furan rings is 1. The van der Waals surface area contributed by atoms with Gasteiger partial charge in [0, 0.05) is 17.0 Å². The van der Waals surface area contributed by atoms with Crippen LogP contribution in [0.1, 0.15) is 21.7 Å². The third-order valence-corrected chi connectivity index (χ3v) is 3.67. The summed E-state index contributed by atoms with van der Waals surface area (Å²) in [5.74, 6) is 0.0615. The molecule has 3 aromatic rings. The summed E-state index contributed by atoms with van der Waals surface area (Å²) in [5.41, 5.74) is 2.69. The molecule has 0 unspecified atom stereocenters. The van der Waals surface area contributed by atoms with Gasteiger partial charge < -0.3 is 9.73 Å².